The number of likely N-dealkylation sites (N-methyl/N-ethyl adjacent to an activating group) is 1. The minimum atomic E-state index is -0.135. The predicted molar refractivity (Wildman–Crippen MR) is 101 cm³/mol. The SMILES string of the molecule is Cc1ncsc1CCN(C)C(=O)[C@@H]1CCC(=O)N(Cc2ccccn2)C1. The van der Waals surface area contributed by atoms with E-state index in [9.17, 15) is 9.59 Å². The summed E-state index contributed by atoms with van der Waals surface area (Å²) in [7, 11) is 1.85. The molecule has 0 radical (unpaired) electrons. The van der Waals surface area contributed by atoms with Crippen molar-refractivity contribution in [1.82, 2.24) is 19.8 Å². The van der Waals surface area contributed by atoms with Crippen LogP contribution in [-0.2, 0) is 22.6 Å². The van der Waals surface area contributed by atoms with Crippen molar-refractivity contribution in [2.24, 2.45) is 5.92 Å². The first-order chi connectivity index (χ1) is 12.5. The van der Waals surface area contributed by atoms with E-state index in [-0.39, 0.29) is 17.7 Å². The van der Waals surface area contributed by atoms with Gasteiger partial charge in [0.1, 0.15) is 0 Å². The molecule has 0 saturated carbocycles. The van der Waals surface area contributed by atoms with E-state index in [4.69, 9.17) is 0 Å². The van der Waals surface area contributed by atoms with Crippen LogP contribution in [0.1, 0.15) is 29.1 Å². The van der Waals surface area contributed by atoms with Gasteiger partial charge < -0.3 is 9.80 Å². The summed E-state index contributed by atoms with van der Waals surface area (Å²) in [4.78, 5) is 38.3. The highest BCUT2D eigenvalue weighted by Crippen LogP contribution is 2.21. The van der Waals surface area contributed by atoms with E-state index in [1.165, 1.54) is 4.88 Å². The van der Waals surface area contributed by atoms with Crippen LogP contribution < -0.4 is 0 Å². The molecule has 1 saturated heterocycles. The molecule has 2 aromatic rings. The standard InChI is InChI=1S/C19H24N4O2S/c1-14-17(26-13-21-14)8-10-22(2)19(25)15-6-7-18(24)23(11-15)12-16-5-3-4-9-20-16/h3-5,9,13,15H,6-8,10-12H2,1-2H3/t15-/m1/s1. The second kappa shape index (κ2) is 8.40. The van der Waals surface area contributed by atoms with E-state index >= 15 is 0 Å². The van der Waals surface area contributed by atoms with Crippen molar-refractivity contribution in [2.45, 2.75) is 32.7 Å². The molecule has 0 aliphatic carbocycles. The summed E-state index contributed by atoms with van der Waals surface area (Å²) in [6, 6.07) is 5.67. The summed E-state index contributed by atoms with van der Waals surface area (Å²) in [6.45, 7) is 3.61. The molecule has 7 heteroatoms. The summed E-state index contributed by atoms with van der Waals surface area (Å²) in [6.07, 6.45) is 3.59. The van der Waals surface area contributed by atoms with Gasteiger partial charge in [-0.25, -0.2) is 4.98 Å². The van der Waals surface area contributed by atoms with Crippen molar-refractivity contribution in [2.75, 3.05) is 20.1 Å². The number of likely N-dealkylation sites (tertiary alicyclic amines) is 1. The third kappa shape index (κ3) is 4.46. The number of piperidine rings is 1. The van der Waals surface area contributed by atoms with Crippen molar-refractivity contribution in [3.8, 4) is 0 Å². The van der Waals surface area contributed by atoms with Gasteiger partial charge in [0.15, 0.2) is 0 Å². The number of carbonyl (C=O) groups is 2. The Labute approximate surface area is 157 Å². The summed E-state index contributed by atoms with van der Waals surface area (Å²) in [5.41, 5.74) is 3.73. The Hall–Kier alpha value is -2.28. The molecular formula is C19H24N4O2S. The molecule has 0 aromatic carbocycles. The van der Waals surface area contributed by atoms with Crippen molar-refractivity contribution in [3.63, 3.8) is 0 Å². The van der Waals surface area contributed by atoms with Crippen LogP contribution in [0.4, 0.5) is 0 Å². The molecule has 0 spiro atoms. The molecule has 1 aliphatic rings. The lowest BCUT2D eigenvalue weighted by atomic mass is 9.96. The zero-order valence-electron chi connectivity index (χ0n) is 15.2. The second-order valence-electron chi connectivity index (χ2n) is 6.70. The third-order valence-corrected chi connectivity index (χ3v) is 5.82. The molecule has 1 fully saturated rings. The molecule has 3 rings (SSSR count). The molecule has 0 N–H and O–H groups in total. The monoisotopic (exact) mass is 372 g/mol. The van der Waals surface area contributed by atoms with Crippen LogP contribution in [0, 0.1) is 12.8 Å². The highest BCUT2D eigenvalue weighted by molar-refractivity contribution is 7.09. The minimum absolute atomic E-state index is 0.0997. The molecule has 6 nitrogen and oxygen atoms in total. The first-order valence-electron chi connectivity index (χ1n) is 8.86. The van der Waals surface area contributed by atoms with Crippen LogP contribution in [0.25, 0.3) is 0 Å². The largest absolute Gasteiger partial charge is 0.345 e. The summed E-state index contributed by atoms with van der Waals surface area (Å²) < 4.78 is 0. The zero-order valence-corrected chi connectivity index (χ0v) is 16.0. The highest BCUT2D eigenvalue weighted by atomic mass is 32.1. The van der Waals surface area contributed by atoms with Gasteiger partial charge in [-0.05, 0) is 25.5 Å². The number of nitrogens with zero attached hydrogens (tertiary/aromatic N) is 4. The predicted octanol–water partition coefficient (Wildman–Crippen LogP) is 2.29. The van der Waals surface area contributed by atoms with Crippen LogP contribution in [0.3, 0.4) is 0 Å². The number of amides is 2. The van der Waals surface area contributed by atoms with E-state index in [0.717, 1.165) is 17.8 Å². The Kier molecular flexibility index (Phi) is 5.98. The molecule has 0 bridgehead atoms. The van der Waals surface area contributed by atoms with Crippen molar-refractivity contribution >= 4 is 23.2 Å². The number of hydrogen-bond acceptors (Lipinski definition) is 5. The third-order valence-electron chi connectivity index (χ3n) is 4.82. The molecule has 138 valence electrons. The van der Waals surface area contributed by atoms with Crippen molar-refractivity contribution in [3.05, 3.63) is 46.2 Å². The maximum Gasteiger partial charge on any atom is 0.227 e. The highest BCUT2D eigenvalue weighted by Gasteiger charge is 2.31. The van der Waals surface area contributed by atoms with Gasteiger partial charge in [0.2, 0.25) is 11.8 Å². The van der Waals surface area contributed by atoms with Gasteiger partial charge in [0.05, 0.1) is 29.4 Å². The van der Waals surface area contributed by atoms with Gasteiger partial charge in [-0.15, -0.1) is 11.3 Å². The van der Waals surface area contributed by atoms with Crippen LogP contribution in [0.2, 0.25) is 0 Å². The fraction of sp³-hybridized carbons (Fsp3) is 0.474. The topological polar surface area (TPSA) is 66.4 Å². The number of aryl methyl sites for hydroxylation is 1. The Morgan fingerprint density at radius 3 is 2.92 bits per heavy atom. The van der Waals surface area contributed by atoms with E-state index in [0.29, 0.717) is 32.5 Å². The second-order valence-corrected chi connectivity index (χ2v) is 7.64. The molecule has 3 heterocycles. The molecule has 0 unspecified atom stereocenters. The molecule has 2 amide bonds. The molecule has 1 atom stereocenters. The lowest BCUT2D eigenvalue weighted by Gasteiger charge is -2.33. The van der Waals surface area contributed by atoms with Gasteiger partial charge in [-0.2, -0.15) is 0 Å². The molecular weight excluding hydrogens is 348 g/mol. The van der Waals surface area contributed by atoms with E-state index in [2.05, 4.69) is 9.97 Å². The number of thiazole rings is 1. The Morgan fingerprint density at radius 1 is 1.38 bits per heavy atom. The normalized spacial score (nSPS) is 17.4. The molecule has 2 aromatic heterocycles. The van der Waals surface area contributed by atoms with Gasteiger partial charge in [-0.3, -0.25) is 14.6 Å². The van der Waals surface area contributed by atoms with Gasteiger partial charge >= 0.3 is 0 Å². The average Bonchev–Trinajstić information content (AvgIpc) is 3.06. The Morgan fingerprint density at radius 2 is 2.23 bits per heavy atom. The quantitative estimate of drug-likeness (QED) is 0.780. The fourth-order valence-corrected chi connectivity index (χ4v) is 3.98. The molecule has 1 aliphatic heterocycles. The smallest absolute Gasteiger partial charge is 0.227 e. The van der Waals surface area contributed by atoms with E-state index in [1.807, 2.05) is 37.7 Å². The zero-order chi connectivity index (χ0) is 18.5. The van der Waals surface area contributed by atoms with Gasteiger partial charge in [-0.1, -0.05) is 6.07 Å². The lowest BCUT2D eigenvalue weighted by Crippen LogP contribution is -2.46. The Bertz CT molecular complexity index is 762. The summed E-state index contributed by atoms with van der Waals surface area (Å²) in [5.74, 6) is 0.0808. The number of carbonyl (C=O) groups excluding carboxylic acids is 2. The first-order valence-corrected chi connectivity index (χ1v) is 9.74. The van der Waals surface area contributed by atoms with Crippen LogP contribution >= 0.6 is 11.3 Å². The fourth-order valence-electron chi connectivity index (χ4n) is 3.21. The molecule has 26 heavy (non-hydrogen) atoms. The summed E-state index contributed by atoms with van der Waals surface area (Å²) in [5, 5.41) is 0. The van der Waals surface area contributed by atoms with Crippen molar-refractivity contribution in [1.29, 1.82) is 0 Å². The van der Waals surface area contributed by atoms with Crippen LogP contribution in [-0.4, -0.2) is 51.7 Å². The maximum absolute atomic E-state index is 12.8. The number of pyridine rings is 1. The van der Waals surface area contributed by atoms with Crippen LogP contribution in [0.5, 0.6) is 0 Å². The minimum Gasteiger partial charge on any atom is -0.345 e. The maximum atomic E-state index is 12.8. The lowest BCUT2D eigenvalue weighted by molar-refractivity contribution is -0.142. The first kappa shape index (κ1) is 18.5. The number of hydrogen-bond donors (Lipinski definition) is 0. The van der Waals surface area contributed by atoms with Crippen molar-refractivity contribution < 1.29 is 9.59 Å². The number of rotatable bonds is 6. The van der Waals surface area contributed by atoms with Gasteiger partial charge in [0, 0.05) is 44.1 Å². The summed E-state index contributed by atoms with van der Waals surface area (Å²) >= 11 is 1.63. The van der Waals surface area contributed by atoms with Crippen LogP contribution in [0.15, 0.2) is 29.9 Å². The average molecular weight is 372 g/mol. The number of aromatic nitrogens is 2. The Balaban J connectivity index is 1.56. The van der Waals surface area contributed by atoms with E-state index in [1.54, 1.807) is 27.3 Å². The van der Waals surface area contributed by atoms with E-state index < -0.39 is 0 Å². The van der Waals surface area contributed by atoms with Gasteiger partial charge in [0.25, 0.3) is 0 Å².